The summed E-state index contributed by atoms with van der Waals surface area (Å²) in [4.78, 5) is 2.45. The molecular weight excluding hydrogens is 296 g/mol. The van der Waals surface area contributed by atoms with Crippen LogP contribution in [0, 0.1) is 11.3 Å². The van der Waals surface area contributed by atoms with Gasteiger partial charge in [0.15, 0.2) is 0 Å². The maximum absolute atomic E-state index is 9.30. The fourth-order valence-electron chi connectivity index (χ4n) is 3.48. The minimum absolute atomic E-state index is 0.720. The number of piperazine rings is 1. The van der Waals surface area contributed by atoms with E-state index in [1.54, 1.807) is 0 Å². The molecule has 120 valence electrons. The van der Waals surface area contributed by atoms with Gasteiger partial charge < -0.3 is 14.8 Å². The van der Waals surface area contributed by atoms with E-state index in [2.05, 4.69) is 51.3 Å². The smallest absolute Gasteiger partial charge is 0.0995 e. The minimum Gasteiger partial charge on any atom is -0.368 e. The topological polar surface area (TPSA) is 44.0 Å². The van der Waals surface area contributed by atoms with E-state index in [9.17, 15) is 5.26 Å². The minimum atomic E-state index is 0.720. The quantitative estimate of drug-likeness (QED) is 0.808. The Morgan fingerprint density at radius 3 is 2.67 bits per heavy atom. The lowest BCUT2D eigenvalue weighted by Gasteiger charge is -2.30. The van der Waals surface area contributed by atoms with Crippen molar-refractivity contribution in [2.45, 2.75) is 6.54 Å². The van der Waals surface area contributed by atoms with Gasteiger partial charge in [-0.2, -0.15) is 5.26 Å². The van der Waals surface area contributed by atoms with Crippen LogP contribution < -0.4 is 10.2 Å². The molecule has 1 aliphatic rings. The molecule has 0 spiro atoms. The summed E-state index contributed by atoms with van der Waals surface area (Å²) in [5.41, 5.74) is 4.34. The third-order valence-electron chi connectivity index (χ3n) is 4.73. The van der Waals surface area contributed by atoms with Crippen LogP contribution in [0.1, 0.15) is 11.1 Å². The summed E-state index contributed by atoms with van der Waals surface area (Å²) in [7, 11) is 0. The van der Waals surface area contributed by atoms with Crippen LogP contribution in [0.15, 0.2) is 54.7 Å². The SMILES string of the molecule is N#Cc1ccccc1Cn1ccc2c(N3CCNCC3)cccc21. The fraction of sp³-hybridized carbons (Fsp3) is 0.250. The summed E-state index contributed by atoms with van der Waals surface area (Å²) in [6.45, 7) is 4.88. The van der Waals surface area contributed by atoms with Crippen molar-refractivity contribution in [1.29, 1.82) is 5.26 Å². The van der Waals surface area contributed by atoms with Gasteiger partial charge in [-0.3, -0.25) is 0 Å². The Kier molecular flexibility index (Phi) is 3.94. The number of aromatic nitrogens is 1. The van der Waals surface area contributed by atoms with Gasteiger partial charge in [-0.1, -0.05) is 24.3 Å². The highest BCUT2D eigenvalue weighted by atomic mass is 15.2. The lowest BCUT2D eigenvalue weighted by molar-refractivity contribution is 0.590. The molecule has 1 aromatic heterocycles. The molecule has 0 amide bonds. The maximum atomic E-state index is 9.30. The molecule has 0 radical (unpaired) electrons. The number of rotatable bonds is 3. The summed E-state index contributed by atoms with van der Waals surface area (Å²) in [5, 5.41) is 14.0. The Balaban J connectivity index is 1.72. The van der Waals surface area contributed by atoms with Crippen LogP contribution in [0.2, 0.25) is 0 Å². The van der Waals surface area contributed by atoms with Crippen molar-refractivity contribution in [1.82, 2.24) is 9.88 Å². The number of fused-ring (bicyclic) bond motifs is 1. The fourth-order valence-corrected chi connectivity index (χ4v) is 3.48. The number of nitrogens with one attached hydrogen (secondary N) is 1. The molecule has 4 heteroatoms. The number of benzene rings is 2. The predicted molar refractivity (Wildman–Crippen MR) is 97.3 cm³/mol. The van der Waals surface area contributed by atoms with Crippen molar-refractivity contribution >= 4 is 16.6 Å². The molecule has 0 bridgehead atoms. The van der Waals surface area contributed by atoms with Gasteiger partial charge in [0.1, 0.15) is 0 Å². The first-order chi connectivity index (χ1) is 11.9. The molecule has 4 nitrogen and oxygen atoms in total. The molecule has 0 saturated carbocycles. The average molecular weight is 316 g/mol. The monoisotopic (exact) mass is 316 g/mol. The zero-order chi connectivity index (χ0) is 16.4. The van der Waals surface area contributed by atoms with E-state index < -0.39 is 0 Å². The van der Waals surface area contributed by atoms with E-state index >= 15 is 0 Å². The molecule has 1 fully saturated rings. The van der Waals surface area contributed by atoms with Crippen molar-refractivity contribution in [3.8, 4) is 6.07 Å². The van der Waals surface area contributed by atoms with Gasteiger partial charge in [0, 0.05) is 50.0 Å². The van der Waals surface area contributed by atoms with Crippen LogP contribution in [0.25, 0.3) is 10.9 Å². The number of anilines is 1. The van der Waals surface area contributed by atoms with E-state index in [0.717, 1.165) is 43.9 Å². The second-order valence-corrected chi connectivity index (χ2v) is 6.16. The van der Waals surface area contributed by atoms with Crippen LogP contribution in [0.5, 0.6) is 0 Å². The predicted octanol–water partition coefficient (Wildman–Crippen LogP) is 2.97. The van der Waals surface area contributed by atoms with Crippen molar-refractivity contribution < 1.29 is 0 Å². The third kappa shape index (κ3) is 2.64. The first-order valence-electron chi connectivity index (χ1n) is 8.38. The van der Waals surface area contributed by atoms with Crippen LogP contribution >= 0.6 is 0 Å². The van der Waals surface area contributed by atoms with E-state index in [-0.39, 0.29) is 0 Å². The molecule has 0 atom stereocenters. The van der Waals surface area contributed by atoms with Gasteiger partial charge in [-0.05, 0) is 29.8 Å². The molecule has 1 N–H and O–H groups in total. The van der Waals surface area contributed by atoms with E-state index in [1.807, 2.05) is 24.3 Å². The normalized spacial score (nSPS) is 14.7. The Morgan fingerprint density at radius 2 is 1.83 bits per heavy atom. The first kappa shape index (κ1) is 14.8. The van der Waals surface area contributed by atoms with Gasteiger partial charge in [0.25, 0.3) is 0 Å². The molecule has 1 aliphatic heterocycles. The summed E-state index contributed by atoms with van der Waals surface area (Å²) in [5.74, 6) is 0. The summed E-state index contributed by atoms with van der Waals surface area (Å²) in [6, 6.07) is 18.8. The lowest BCUT2D eigenvalue weighted by atomic mass is 10.1. The first-order valence-corrected chi connectivity index (χ1v) is 8.38. The summed E-state index contributed by atoms with van der Waals surface area (Å²) >= 11 is 0. The molecule has 4 rings (SSSR count). The second kappa shape index (κ2) is 6.38. The molecule has 3 aromatic rings. The third-order valence-corrected chi connectivity index (χ3v) is 4.73. The largest absolute Gasteiger partial charge is 0.368 e. The van der Waals surface area contributed by atoms with Crippen molar-refractivity contribution in [3.63, 3.8) is 0 Å². The Morgan fingerprint density at radius 1 is 1.00 bits per heavy atom. The molecule has 0 aliphatic carbocycles. The van der Waals surface area contributed by atoms with Crippen LogP contribution in [0.4, 0.5) is 5.69 Å². The molecule has 0 unspecified atom stereocenters. The summed E-state index contributed by atoms with van der Waals surface area (Å²) < 4.78 is 2.23. The summed E-state index contributed by atoms with van der Waals surface area (Å²) in [6.07, 6.45) is 2.13. The van der Waals surface area contributed by atoms with Gasteiger partial charge in [-0.15, -0.1) is 0 Å². The van der Waals surface area contributed by atoms with Gasteiger partial charge >= 0.3 is 0 Å². The van der Waals surface area contributed by atoms with Crippen LogP contribution in [-0.4, -0.2) is 30.7 Å². The van der Waals surface area contributed by atoms with Gasteiger partial charge in [-0.25, -0.2) is 0 Å². The van der Waals surface area contributed by atoms with E-state index in [4.69, 9.17) is 0 Å². The van der Waals surface area contributed by atoms with Crippen molar-refractivity contribution in [2.24, 2.45) is 0 Å². The molecule has 24 heavy (non-hydrogen) atoms. The average Bonchev–Trinajstić information content (AvgIpc) is 3.06. The lowest BCUT2D eigenvalue weighted by Crippen LogP contribution is -2.43. The zero-order valence-electron chi connectivity index (χ0n) is 13.6. The maximum Gasteiger partial charge on any atom is 0.0995 e. The number of nitriles is 1. The Hall–Kier alpha value is -2.77. The van der Waals surface area contributed by atoms with Gasteiger partial charge in [0.05, 0.1) is 17.1 Å². The number of hydrogen-bond donors (Lipinski definition) is 1. The van der Waals surface area contributed by atoms with Crippen molar-refractivity contribution in [2.75, 3.05) is 31.1 Å². The van der Waals surface area contributed by atoms with Gasteiger partial charge in [0.2, 0.25) is 0 Å². The standard InChI is InChI=1S/C20H20N4/c21-14-16-4-1-2-5-17(16)15-24-11-8-18-19(6-3-7-20(18)24)23-12-9-22-10-13-23/h1-8,11,22H,9-10,12-13,15H2. The molecular formula is C20H20N4. The highest BCUT2D eigenvalue weighted by molar-refractivity contribution is 5.93. The highest BCUT2D eigenvalue weighted by Crippen LogP contribution is 2.28. The Bertz CT molecular complexity index is 897. The van der Waals surface area contributed by atoms with Crippen LogP contribution in [0.3, 0.4) is 0 Å². The molecule has 2 heterocycles. The van der Waals surface area contributed by atoms with Crippen LogP contribution in [-0.2, 0) is 6.54 Å². The van der Waals surface area contributed by atoms with E-state index in [0.29, 0.717) is 0 Å². The Labute approximate surface area is 141 Å². The van der Waals surface area contributed by atoms with E-state index in [1.165, 1.54) is 16.6 Å². The molecule has 1 saturated heterocycles. The number of hydrogen-bond acceptors (Lipinski definition) is 3. The zero-order valence-corrected chi connectivity index (χ0v) is 13.6. The highest BCUT2D eigenvalue weighted by Gasteiger charge is 2.14. The second-order valence-electron chi connectivity index (χ2n) is 6.16. The number of nitrogens with zero attached hydrogens (tertiary/aromatic N) is 3. The van der Waals surface area contributed by atoms with Crippen molar-refractivity contribution in [3.05, 3.63) is 65.9 Å². The molecule has 2 aromatic carbocycles.